The first-order chi connectivity index (χ1) is 22.0. The summed E-state index contributed by atoms with van der Waals surface area (Å²) in [5.41, 5.74) is 16.9. The Labute approximate surface area is 287 Å². The molecule has 2 heteroatoms. The Hall–Kier alpha value is -2.55. The molecule has 0 saturated heterocycles. The van der Waals surface area contributed by atoms with Crippen LogP contribution in [0.4, 0.5) is 0 Å². The third kappa shape index (κ3) is 5.60. The van der Waals surface area contributed by atoms with Gasteiger partial charge in [0.05, 0.1) is 0 Å². The molecule has 2 atom stereocenters. The predicted octanol–water partition coefficient (Wildman–Crippen LogP) is 13.5. The van der Waals surface area contributed by atoms with E-state index in [0.717, 1.165) is 0 Å². The standard InChI is InChI=1S/2C20H21.C3H8Si.2CH3.Hf/c2*1-14-13-16(20(2,3)4)11-12-17(14)19-10-6-8-15-7-5-9-18(15)19;1-3-4-2;;;/h2*5-13H,1-4H3;3H2,1-2H3;2*1H3;. The van der Waals surface area contributed by atoms with Gasteiger partial charge in [0.25, 0.3) is 0 Å². The molecule has 244 valence electrons. The molecule has 2 unspecified atom stereocenters. The summed E-state index contributed by atoms with van der Waals surface area (Å²) in [5.74, 6) is 0. The van der Waals surface area contributed by atoms with E-state index in [9.17, 15) is 0 Å². The van der Waals surface area contributed by atoms with E-state index >= 15 is 0 Å². The van der Waals surface area contributed by atoms with Gasteiger partial charge in [-0.05, 0) is 0 Å². The summed E-state index contributed by atoms with van der Waals surface area (Å²) < 4.78 is 6.81. The van der Waals surface area contributed by atoms with Crippen molar-refractivity contribution >= 4 is 17.6 Å². The molecule has 0 aromatic heterocycles. The molecule has 0 radical (unpaired) electrons. The zero-order valence-corrected chi connectivity index (χ0v) is 35.7. The quantitative estimate of drug-likeness (QED) is 0.176. The molecule has 6 rings (SSSR count). The molecular formula is C45H56HfSi. The van der Waals surface area contributed by atoms with Gasteiger partial charge in [-0.3, -0.25) is 0 Å². The molecule has 4 aromatic carbocycles. The van der Waals surface area contributed by atoms with E-state index in [0.29, 0.717) is 7.35 Å². The van der Waals surface area contributed by atoms with Gasteiger partial charge in [0, 0.05) is 0 Å². The number of hydrogen-bond donors (Lipinski definition) is 0. The maximum absolute atomic E-state index is 3.81. The van der Waals surface area contributed by atoms with E-state index in [4.69, 9.17) is 0 Å². The fourth-order valence-electron chi connectivity index (χ4n) is 8.84. The molecule has 0 nitrogen and oxygen atoms in total. The van der Waals surface area contributed by atoms with Gasteiger partial charge in [0.15, 0.2) is 0 Å². The fourth-order valence-corrected chi connectivity index (χ4v) is 53.6. The first-order valence-corrected chi connectivity index (χ1v) is 36.8. The van der Waals surface area contributed by atoms with E-state index in [-0.39, 0.29) is 10.8 Å². The minimum atomic E-state index is -3.81. The Morgan fingerprint density at radius 3 is 1.34 bits per heavy atom. The average molecular weight is 804 g/mol. The van der Waals surface area contributed by atoms with Crippen LogP contribution in [0.5, 0.6) is 0 Å². The molecule has 0 aliphatic heterocycles. The van der Waals surface area contributed by atoms with Crippen LogP contribution in [0.1, 0.15) is 100 Å². The van der Waals surface area contributed by atoms with Crippen molar-refractivity contribution < 1.29 is 17.1 Å². The van der Waals surface area contributed by atoms with Crippen molar-refractivity contribution in [3.8, 4) is 22.3 Å². The van der Waals surface area contributed by atoms with Gasteiger partial charge < -0.3 is 0 Å². The number of hydrogen-bond acceptors (Lipinski definition) is 0. The number of fused-ring (bicyclic) bond motifs is 2. The summed E-state index contributed by atoms with van der Waals surface area (Å²) in [7, 11) is 0. The van der Waals surface area contributed by atoms with Crippen LogP contribution < -0.4 is 0 Å². The van der Waals surface area contributed by atoms with E-state index in [1.807, 2.05) is 0 Å². The molecule has 0 heterocycles. The average Bonchev–Trinajstić information content (AvgIpc) is 3.66. The molecule has 4 aromatic rings. The van der Waals surface area contributed by atoms with Crippen LogP contribution in [-0.2, 0) is 28.0 Å². The molecule has 2 aliphatic rings. The zero-order chi connectivity index (χ0) is 34.1. The summed E-state index contributed by atoms with van der Waals surface area (Å²) >= 11 is -3.81. The van der Waals surface area contributed by atoms with Crippen LogP contribution in [0.25, 0.3) is 34.4 Å². The number of rotatable bonds is 5. The Morgan fingerprint density at radius 1 is 0.596 bits per heavy atom. The zero-order valence-electron chi connectivity index (χ0n) is 31.1. The Morgan fingerprint density at radius 2 is 1.00 bits per heavy atom. The first-order valence-electron chi connectivity index (χ1n) is 17.8. The molecule has 47 heavy (non-hydrogen) atoms. The normalized spacial score (nSPS) is 17.6. The monoisotopic (exact) mass is 804 g/mol. The Bertz CT molecular complexity index is 1890. The van der Waals surface area contributed by atoms with Crippen molar-refractivity contribution in [1.82, 2.24) is 0 Å². The Balaban J connectivity index is 1.48. The van der Waals surface area contributed by atoms with Crippen LogP contribution >= 0.6 is 0 Å². The van der Waals surface area contributed by atoms with Gasteiger partial charge in [-0.15, -0.1) is 0 Å². The van der Waals surface area contributed by atoms with Crippen LogP contribution in [-0.4, -0.2) is 5.49 Å². The first kappa shape index (κ1) is 34.3. The van der Waals surface area contributed by atoms with Crippen LogP contribution in [0.15, 0.2) is 84.9 Å². The predicted molar refractivity (Wildman–Crippen MR) is 208 cm³/mol. The number of allylic oxidation sites excluding steroid dienone is 2. The van der Waals surface area contributed by atoms with Crippen LogP contribution in [0.3, 0.4) is 0 Å². The molecule has 0 spiro atoms. The van der Waals surface area contributed by atoms with E-state index in [1.54, 1.807) is 11.1 Å². The van der Waals surface area contributed by atoms with Crippen molar-refractivity contribution in [3.05, 3.63) is 129 Å². The number of aryl methyl sites for hydroxylation is 2. The second-order valence-electron chi connectivity index (χ2n) is 17.6. The topological polar surface area (TPSA) is 0 Å². The van der Waals surface area contributed by atoms with Gasteiger partial charge in [-0.2, -0.15) is 0 Å². The van der Waals surface area contributed by atoms with E-state index < -0.39 is 22.6 Å². The third-order valence-corrected chi connectivity index (χ3v) is 71.5. The van der Waals surface area contributed by atoms with Crippen molar-refractivity contribution in [2.75, 3.05) is 0 Å². The molecule has 0 N–H and O–H groups in total. The minimum absolute atomic E-state index is 0.150. The van der Waals surface area contributed by atoms with Crippen molar-refractivity contribution in [2.24, 2.45) is 0 Å². The van der Waals surface area contributed by atoms with Gasteiger partial charge >= 0.3 is 289 Å². The van der Waals surface area contributed by atoms with Crippen molar-refractivity contribution in [3.63, 3.8) is 0 Å². The summed E-state index contributed by atoms with van der Waals surface area (Å²) in [6.07, 6.45) is 10.3. The molecule has 0 fully saturated rings. The molecule has 2 aliphatic carbocycles. The SMILES string of the molecule is CC[Si](C)=[Hf]([CH3])([CH3])([CH]1C=Cc2c(-c3ccc(C(C)(C)C)cc3C)cccc21)[CH]1C=Cc2c(-c3ccc(C(C)(C)C)cc3C)cccc21. The second kappa shape index (κ2) is 11.8. The van der Waals surface area contributed by atoms with Gasteiger partial charge in [0.2, 0.25) is 0 Å². The van der Waals surface area contributed by atoms with Crippen LogP contribution in [0, 0.1) is 13.8 Å². The van der Waals surface area contributed by atoms with E-state index in [1.165, 1.54) is 61.7 Å². The second-order valence-corrected chi connectivity index (χ2v) is 65.2. The molecule has 0 saturated carbocycles. The molecule has 0 amide bonds. The molecule has 0 bridgehead atoms. The summed E-state index contributed by atoms with van der Waals surface area (Å²) in [6.45, 7) is 23.6. The van der Waals surface area contributed by atoms with E-state index in [2.05, 4.69) is 175 Å². The Kier molecular flexibility index (Phi) is 8.62. The van der Waals surface area contributed by atoms with Gasteiger partial charge in [-0.1, -0.05) is 0 Å². The molecular weight excluding hydrogens is 747 g/mol. The van der Waals surface area contributed by atoms with Gasteiger partial charge in [0.1, 0.15) is 0 Å². The summed E-state index contributed by atoms with van der Waals surface area (Å²) in [5, 5.41) is 0. The van der Waals surface area contributed by atoms with Crippen LogP contribution in [0.2, 0.25) is 22.0 Å². The summed E-state index contributed by atoms with van der Waals surface area (Å²) in [4.78, 5) is 0. The number of benzene rings is 4. The fraction of sp³-hybridized carbons (Fsp3) is 0.378. The third-order valence-electron chi connectivity index (χ3n) is 12.4. The van der Waals surface area contributed by atoms with Crippen molar-refractivity contribution in [2.45, 2.75) is 102 Å². The van der Waals surface area contributed by atoms with Gasteiger partial charge in [-0.25, -0.2) is 0 Å². The maximum atomic E-state index is 2.86. The summed E-state index contributed by atoms with van der Waals surface area (Å²) in [6, 6.07) is 30.0. The van der Waals surface area contributed by atoms with Crippen molar-refractivity contribution in [1.29, 1.82) is 0 Å².